The lowest BCUT2D eigenvalue weighted by Crippen LogP contribution is -2.50. The Morgan fingerprint density at radius 2 is 1.57 bits per heavy atom. The highest BCUT2D eigenvalue weighted by Crippen LogP contribution is 2.29. The van der Waals surface area contributed by atoms with Crippen LogP contribution in [0, 0.1) is 0 Å². The molecule has 3 heterocycles. The van der Waals surface area contributed by atoms with Crippen molar-refractivity contribution in [3.8, 4) is 5.69 Å². The van der Waals surface area contributed by atoms with Crippen molar-refractivity contribution in [1.82, 2.24) is 13.8 Å². The van der Waals surface area contributed by atoms with Gasteiger partial charge in [0.05, 0.1) is 3.79 Å². The van der Waals surface area contributed by atoms with Gasteiger partial charge >= 0.3 is 0 Å². The Hall–Kier alpha value is -1.94. The van der Waals surface area contributed by atoms with Crippen LogP contribution in [0.4, 0.5) is 0 Å². The van der Waals surface area contributed by atoms with E-state index in [9.17, 15) is 13.2 Å². The lowest BCUT2D eigenvalue weighted by Gasteiger charge is -2.33. The molecule has 146 valence electrons. The van der Waals surface area contributed by atoms with E-state index in [-0.39, 0.29) is 5.91 Å². The molecule has 9 heteroatoms. The van der Waals surface area contributed by atoms with Crippen molar-refractivity contribution < 1.29 is 13.2 Å². The molecule has 1 aliphatic heterocycles. The van der Waals surface area contributed by atoms with Gasteiger partial charge in [-0.25, -0.2) is 8.42 Å². The van der Waals surface area contributed by atoms with Crippen molar-refractivity contribution >= 4 is 43.2 Å². The van der Waals surface area contributed by atoms with E-state index in [2.05, 4.69) is 15.9 Å². The lowest BCUT2D eigenvalue weighted by molar-refractivity contribution is 0.0698. The van der Waals surface area contributed by atoms with E-state index in [1.54, 1.807) is 17.0 Å². The highest BCUT2D eigenvalue weighted by molar-refractivity contribution is 9.11. The summed E-state index contributed by atoms with van der Waals surface area (Å²) in [5, 5.41) is 0. The van der Waals surface area contributed by atoms with Crippen LogP contribution in [0.3, 0.4) is 0 Å². The third-order valence-corrected chi connectivity index (χ3v) is 8.68. The number of thiophene rings is 1. The van der Waals surface area contributed by atoms with Gasteiger partial charge in [0.25, 0.3) is 15.9 Å². The quantitative estimate of drug-likeness (QED) is 0.575. The normalized spacial score (nSPS) is 15.7. The Labute approximate surface area is 176 Å². The molecule has 0 saturated carbocycles. The van der Waals surface area contributed by atoms with Crippen LogP contribution in [0.1, 0.15) is 10.4 Å². The van der Waals surface area contributed by atoms with Gasteiger partial charge in [-0.15, -0.1) is 11.3 Å². The molecule has 0 N–H and O–H groups in total. The topological polar surface area (TPSA) is 62.6 Å². The maximum absolute atomic E-state index is 12.8. The fourth-order valence-electron chi connectivity index (χ4n) is 3.16. The highest BCUT2D eigenvalue weighted by atomic mass is 79.9. The predicted octanol–water partition coefficient (Wildman–Crippen LogP) is 3.45. The summed E-state index contributed by atoms with van der Waals surface area (Å²) in [7, 11) is -3.50. The van der Waals surface area contributed by atoms with Crippen molar-refractivity contribution in [2.75, 3.05) is 26.2 Å². The monoisotopic (exact) mass is 479 g/mol. The molecule has 28 heavy (non-hydrogen) atoms. The number of halogens is 1. The molecule has 1 aliphatic rings. The van der Waals surface area contributed by atoms with Gasteiger partial charge < -0.3 is 9.47 Å². The molecule has 0 spiro atoms. The van der Waals surface area contributed by atoms with Crippen LogP contribution in [0.25, 0.3) is 5.69 Å². The fraction of sp³-hybridized carbons (Fsp3) is 0.211. The Kier molecular flexibility index (Phi) is 5.42. The summed E-state index contributed by atoms with van der Waals surface area (Å²) in [5.41, 5.74) is 1.59. The van der Waals surface area contributed by atoms with Gasteiger partial charge in [-0.3, -0.25) is 4.79 Å². The number of carbonyl (C=O) groups excluding carboxylic acids is 1. The third-order valence-electron chi connectivity index (χ3n) is 4.69. The fourth-order valence-corrected chi connectivity index (χ4v) is 6.75. The van der Waals surface area contributed by atoms with Gasteiger partial charge in [0.1, 0.15) is 4.21 Å². The molecule has 0 aliphatic carbocycles. The molecule has 2 aromatic heterocycles. The van der Waals surface area contributed by atoms with E-state index in [1.807, 2.05) is 53.4 Å². The summed E-state index contributed by atoms with van der Waals surface area (Å²) in [6.45, 7) is 1.35. The number of piperazine rings is 1. The number of amides is 1. The average Bonchev–Trinajstić information content (AvgIpc) is 3.40. The van der Waals surface area contributed by atoms with E-state index in [1.165, 1.54) is 15.6 Å². The first-order valence-electron chi connectivity index (χ1n) is 8.73. The van der Waals surface area contributed by atoms with Gasteiger partial charge in [0.2, 0.25) is 0 Å². The minimum atomic E-state index is -3.50. The van der Waals surface area contributed by atoms with Crippen LogP contribution in [0.5, 0.6) is 0 Å². The maximum Gasteiger partial charge on any atom is 0.253 e. The molecule has 3 aromatic rings. The van der Waals surface area contributed by atoms with Crippen molar-refractivity contribution in [3.63, 3.8) is 0 Å². The summed E-state index contributed by atoms with van der Waals surface area (Å²) in [6.07, 6.45) is 3.89. The van der Waals surface area contributed by atoms with E-state index >= 15 is 0 Å². The molecule has 0 bridgehead atoms. The Bertz CT molecular complexity index is 1070. The van der Waals surface area contributed by atoms with E-state index in [4.69, 9.17) is 0 Å². The van der Waals surface area contributed by atoms with Crippen molar-refractivity contribution in [3.05, 3.63) is 70.3 Å². The number of sulfonamides is 1. The van der Waals surface area contributed by atoms with Crippen LogP contribution in [0.15, 0.2) is 68.9 Å². The summed E-state index contributed by atoms with van der Waals surface area (Å²) in [6, 6.07) is 14.7. The van der Waals surface area contributed by atoms with E-state index in [0.29, 0.717) is 36.0 Å². The first-order valence-corrected chi connectivity index (χ1v) is 11.8. The molecule has 6 nitrogen and oxygen atoms in total. The molecule has 1 fully saturated rings. The van der Waals surface area contributed by atoms with E-state index < -0.39 is 10.0 Å². The zero-order valence-electron chi connectivity index (χ0n) is 14.9. The van der Waals surface area contributed by atoms with Gasteiger partial charge in [0.15, 0.2) is 0 Å². The summed E-state index contributed by atoms with van der Waals surface area (Å²) < 4.78 is 29.9. The van der Waals surface area contributed by atoms with Crippen LogP contribution >= 0.6 is 27.3 Å². The minimum absolute atomic E-state index is 0.0741. The molecule has 1 amide bonds. The average molecular weight is 480 g/mol. The molecular formula is C19H18BrN3O3S2. The summed E-state index contributed by atoms with van der Waals surface area (Å²) in [5.74, 6) is -0.0741. The molecule has 0 radical (unpaired) electrons. The number of carbonyl (C=O) groups is 1. The second-order valence-electron chi connectivity index (χ2n) is 6.39. The molecule has 0 atom stereocenters. The molecule has 0 unspecified atom stereocenters. The highest BCUT2D eigenvalue weighted by Gasteiger charge is 2.31. The van der Waals surface area contributed by atoms with Crippen molar-refractivity contribution in [2.24, 2.45) is 0 Å². The third kappa shape index (κ3) is 3.80. The van der Waals surface area contributed by atoms with Gasteiger partial charge in [-0.05, 0) is 64.5 Å². The van der Waals surface area contributed by atoms with Crippen LogP contribution in [0.2, 0.25) is 0 Å². The van der Waals surface area contributed by atoms with Gasteiger partial charge in [-0.1, -0.05) is 0 Å². The molecular weight excluding hydrogens is 462 g/mol. The number of rotatable bonds is 4. The number of hydrogen-bond acceptors (Lipinski definition) is 4. The lowest BCUT2D eigenvalue weighted by atomic mass is 10.1. The number of nitrogens with zero attached hydrogens (tertiary/aromatic N) is 3. The zero-order chi connectivity index (χ0) is 19.7. The van der Waals surface area contributed by atoms with Crippen LogP contribution < -0.4 is 0 Å². The standard InChI is InChI=1S/C19H18BrN3O3S2/c20-17-7-8-18(27-17)28(25,26)23-13-11-22(12-14-23)19(24)15-3-5-16(6-4-15)21-9-1-2-10-21/h1-10H,11-14H2. The maximum atomic E-state index is 12.8. The summed E-state index contributed by atoms with van der Waals surface area (Å²) >= 11 is 4.50. The van der Waals surface area contributed by atoms with Crippen LogP contribution in [-0.2, 0) is 10.0 Å². The smallest absolute Gasteiger partial charge is 0.253 e. The van der Waals surface area contributed by atoms with Gasteiger partial charge in [-0.2, -0.15) is 4.31 Å². The number of benzene rings is 1. The molecule has 1 saturated heterocycles. The summed E-state index contributed by atoms with van der Waals surface area (Å²) in [4.78, 5) is 14.5. The second kappa shape index (κ2) is 7.82. The molecule has 4 rings (SSSR count). The Morgan fingerprint density at radius 1 is 0.929 bits per heavy atom. The number of aromatic nitrogens is 1. The Balaban J connectivity index is 1.41. The van der Waals surface area contributed by atoms with Gasteiger partial charge in [0, 0.05) is 49.8 Å². The van der Waals surface area contributed by atoms with Crippen molar-refractivity contribution in [1.29, 1.82) is 0 Å². The van der Waals surface area contributed by atoms with Crippen LogP contribution in [-0.4, -0.2) is 54.3 Å². The Morgan fingerprint density at radius 3 is 2.14 bits per heavy atom. The SMILES string of the molecule is O=C(c1ccc(-n2cccc2)cc1)N1CCN(S(=O)(=O)c2ccc(Br)s2)CC1. The first-order chi connectivity index (χ1) is 13.4. The zero-order valence-corrected chi connectivity index (χ0v) is 18.1. The first kappa shape index (κ1) is 19.4. The van der Waals surface area contributed by atoms with Crippen molar-refractivity contribution in [2.45, 2.75) is 4.21 Å². The second-order valence-corrected chi connectivity index (χ2v) is 11.0. The van der Waals surface area contributed by atoms with E-state index in [0.717, 1.165) is 9.47 Å². The predicted molar refractivity (Wildman–Crippen MR) is 112 cm³/mol. The number of hydrogen-bond donors (Lipinski definition) is 0. The molecule has 1 aromatic carbocycles. The largest absolute Gasteiger partial charge is 0.336 e. The minimum Gasteiger partial charge on any atom is -0.336 e.